The molecule has 0 bridgehead atoms. The fraction of sp³-hybridized carbons (Fsp3) is 0.455. The van der Waals surface area contributed by atoms with Gasteiger partial charge in [-0.3, -0.25) is 0 Å². The zero-order valence-corrected chi connectivity index (χ0v) is 9.88. The zero-order valence-electron chi connectivity index (χ0n) is 9.13. The second kappa shape index (κ2) is 5.95. The normalized spacial score (nSPS) is 10.4. The standard InChI is InChI=1S/C11H17ClN2O/c1-13-8-9-4-3-5-10(12)11(9)14(2)6-7-15/h3-5,13,15H,6-8H2,1-2H3. The second-order valence-corrected chi connectivity index (χ2v) is 3.83. The summed E-state index contributed by atoms with van der Waals surface area (Å²) in [4.78, 5) is 1.97. The van der Waals surface area contributed by atoms with E-state index in [2.05, 4.69) is 5.32 Å². The SMILES string of the molecule is CNCc1cccc(Cl)c1N(C)CCO. The smallest absolute Gasteiger partial charge is 0.0642 e. The van der Waals surface area contributed by atoms with E-state index in [1.165, 1.54) is 0 Å². The lowest BCUT2D eigenvalue weighted by molar-refractivity contribution is 0.304. The van der Waals surface area contributed by atoms with Crippen molar-refractivity contribution >= 4 is 17.3 Å². The molecule has 4 heteroatoms. The first-order valence-corrected chi connectivity index (χ1v) is 5.32. The number of aliphatic hydroxyl groups excluding tert-OH is 1. The van der Waals surface area contributed by atoms with Crippen LogP contribution < -0.4 is 10.2 Å². The highest BCUT2D eigenvalue weighted by atomic mass is 35.5. The first kappa shape index (κ1) is 12.3. The fourth-order valence-electron chi connectivity index (χ4n) is 1.58. The highest BCUT2D eigenvalue weighted by Gasteiger charge is 2.10. The molecule has 0 unspecified atom stereocenters. The van der Waals surface area contributed by atoms with Gasteiger partial charge in [0.05, 0.1) is 17.3 Å². The molecular formula is C11H17ClN2O. The van der Waals surface area contributed by atoms with Crippen molar-refractivity contribution < 1.29 is 5.11 Å². The Morgan fingerprint density at radius 3 is 2.80 bits per heavy atom. The first-order chi connectivity index (χ1) is 7.20. The van der Waals surface area contributed by atoms with E-state index in [0.29, 0.717) is 6.54 Å². The number of hydrogen-bond acceptors (Lipinski definition) is 3. The Hall–Kier alpha value is -0.770. The summed E-state index contributed by atoms with van der Waals surface area (Å²) in [5.74, 6) is 0. The van der Waals surface area contributed by atoms with Crippen LogP contribution in [0.15, 0.2) is 18.2 Å². The molecule has 0 atom stereocenters. The van der Waals surface area contributed by atoms with Gasteiger partial charge in [0.25, 0.3) is 0 Å². The van der Waals surface area contributed by atoms with E-state index in [9.17, 15) is 0 Å². The molecule has 84 valence electrons. The molecule has 0 aliphatic rings. The lowest BCUT2D eigenvalue weighted by Crippen LogP contribution is -2.23. The summed E-state index contributed by atoms with van der Waals surface area (Å²) in [5.41, 5.74) is 2.13. The van der Waals surface area contributed by atoms with E-state index in [-0.39, 0.29) is 6.61 Å². The number of halogens is 1. The van der Waals surface area contributed by atoms with Gasteiger partial charge in [0, 0.05) is 20.1 Å². The third kappa shape index (κ3) is 3.09. The van der Waals surface area contributed by atoms with Crippen molar-refractivity contribution in [3.63, 3.8) is 0 Å². The number of likely N-dealkylation sites (N-methyl/N-ethyl adjacent to an activating group) is 1. The summed E-state index contributed by atoms with van der Waals surface area (Å²) in [5, 5.41) is 12.7. The van der Waals surface area contributed by atoms with Gasteiger partial charge in [0.1, 0.15) is 0 Å². The number of nitrogens with zero attached hydrogens (tertiary/aromatic N) is 1. The van der Waals surface area contributed by atoms with Crippen LogP contribution in [-0.4, -0.2) is 32.4 Å². The van der Waals surface area contributed by atoms with Gasteiger partial charge >= 0.3 is 0 Å². The van der Waals surface area contributed by atoms with Crippen LogP contribution in [-0.2, 0) is 6.54 Å². The molecule has 1 aromatic rings. The predicted molar refractivity (Wildman–Crippen MR) is 64.6 cm³/mol. The zero-order chi connectivity index (χ0) is 11.3. The summed E-state index contributed by atoms with van der Waals surface area (Å²) in [6.07, 6.45) is 0. The van der Waals surface area contributed by atoms with Crippen LogP contribution in [0.2, 0.25) is 5.02 Å². The number of anilines is 1. The van der Waals surface area contributed by atoms with E-state index in [1.54, 1.807) is 0 Å². The average molecular weight is 229 g/mol. The van der Waals surface area contributed by atoms with Crippen molar-refractivity contribution in [1.29, 1.82) is 0 Å². The Morgan fingerprint density at radius 2 is 2.20 bits per heavy atom. The third-order valence-corrected chi connectivity index (χ3v) is 2.56. The molecule has 2 N–H and O–H groups in total. The first-order valence-electron chi connectivity index (χ1n) is 4.94. The summed E-state index contributed by atoms with van der Waals surface area (Å²) in [6, 6.07) is 5.83. The molecule has 1 aromatic carbocycles. The van der Waals surface area contributed by atoms with Gasteiger partial charge in [-0.2, -0.15) is 0 Å². The van der Waals surface area contributed by atoms with Crippen molar-refractivity contribution in [2.45, 2.75) is 6.54 Å². The van der Waals surface area contributed by atoms with Gasteiger partial charge in [-0.1, -0.05) is 23.7 Å². The highest BCUT2D eigenvalue weighted by Crippen LogP contribution is 2.28. The van der Waals surface area contributed by atoms with E-state index in [1.807, 2.05) is 37.2 Å². The van der Waals surface area contributed by atoms with Gasteiger partial charge in [0.2, 0.25) is 0 Å². The minimum Gasteiger partial charge on any atom is -0.395 e. The molecule has 0 fully saturated rings. The number of nitrogens with one attached hydrogen (secondary N) is 1. The van der Waals surface area contributed by atoms with Crippen LogP contribution in [0.1, 0.15) is 5.56 Å². The van der Waals surface area contributed by atoms with Crippen molar-refractivity contribution in [2.24, 2.45) is 0 Å². The third-order valence-electron chi connectivity index (χ3n) is 2.25. The van der Waals surface area contributed by atoms with Gasteiger partial charge < -0.3 is 15.3 Å². The van der Waals surface area contributed by atoms with Crippen LogP contribution in [0.4, 0.5) is 5.69 Å². The molecule has 0 aromatic heterocycles. The largest absolute Gasteiger partial charge is 0.395 e. The summed E-state index contributed by atoms with van der Waals surface area (Å²) in [6.45, 7) is 1.48. The van der Waals surface area contributed by atoms with Crippen LogP contribution in [0.5, 0.6) is 0 Å². The molecule has 0 saturated carbocycles. The van der Waals surface area contributed by atoms with Crippen molar-refractivity contribution in [3.05, 3.63) is 28.8 Å². The van der Waals surface area contributed by atoms with Crippen molar-refractivity contribution in [1.82, 2.24) is 5.32 Å². The second-order valence-electron chi connectivity index (χ2n) is 3.42. The number of para-hydroxylation sites is 1. The molecule has 0 heterocycles. The summed E-state index contributed by atoms with van der Waals surface area (Å²) in [7, 11) is 3.83. The molecule has 0 radical (unpaired) electrons. The molecule has 15 heavy (non-hydrogen) atoms. The van der Waals surface area contributed by atoms with E-state index < -0.39 is 0 Å². The monoisotopic (exact) mass is 228 g/mol. The molecule has 0 saturated heterocycles. The Bertz CT molecular complexity index is 317. The minimum absolute atomic E-state index is 0.126. The topological polar surface area (TPSA) is 35.5 Å². The van der Waals surface area contributed by atoms with Crippen LogP contribution in [0.3, 0.4) is 0 Å². The lowest BCUT2D eigenvalue weighted by atomic mass is 10.1. The quantitative estimate of drug-likeness (QED) is 0.802. The number of hydrogen-bond donors (Lipinski definition) is 2. The number of rotatable bonds is 5. The van der Waals surface area contributed by atoms with Crippen molar-refractivity contribution in [3.8, 4) is 0 Å². The van der Waals surface area contributed by atoms with E-state index in [4.69, 9.17) is 16.7 Å². The Balaban J connectivity index is 3.00. The molecule has 1 rings (SSSR count). The van der Waals surface area contributed by atoms with E-state index >= 15 is 0 Å². The van der Waals surface area contributed by atoms with Crippen LogP contribution >= 0.6 is 11.6 Å². The molecule has 3 nitrogen and oxygen atoms in total. The molecule has 0 amide bonds. The lowest BCUT2D eigenvalue weighted by Gasteiger charge is -2.22. The maximum atomic E-state index is 8.91. The van der Waals surface area contributed by atoms with Gasteiger partial charge in [-0.25, -0.2) is 0 Å². The maximum absolute atomic E-state index is 8.91. The fourth-order valence-corrected chi connectivity index (χ4v) is 1.92. The average Bonchev–Trinajstić information content (AvgIpc) is 2.18. The van der Waals surface area contributed by atoms with Gasteiger partial charge in [0.15, 0.2) is 0 Å². The highest BCUT2D eigenvalue weighted by molar-refractivity contribution is 6.33. The Morgan fingerprint density at radius 1 is 1.47 bits per heavy atom. The summed E-state index contributed by atoms with van der Waals surface area (Å²) < 4.78 is 0. The van der Waals surface area contributed by atoms with E-state index in [0.717, 1.165) is 22.8 Å². The molecule has 0 aliphatic heterocycles. The molecule has 0 aliphatic carbocycles. The maximum Gasteiger partial charge on any atom is 0.0642 e. The molecular weight excluding hydrogens is 212 g/mol. The predicted octanol–water partition coefficient (Wildman–Crippen LogP) is 1.49. The molecule has 0 spiro atoms. The Kier molecular flexibility index (Phi) is 4.88. The van der Waals surface area contributed by atoms with Gasteiger partial charge in [-0.15, -0.1) is 0 Å². The van der Waals surface area contributed by atoms with Crippen LogP contribution in [0.25, 0.3) is 0 Å². The van der Waals surface area contributed by atoms with Crippen LogP contribution in [0, 0.1) is 0 Å². The minimum atomic E-state index is 0.126. The van der Waals surface area contributed by atoms with Crippen molar-refractivity contribution in [2.75, 3.05) is 32.1 Å². The van der Waals surface area contributed by atoms with Gasteiger partial charge in [-0.05, 0) is 18.7 Å². The number of aliphatic hydroxyl groups is 1. The number of benzene rings is 1. The Labute approximate surface area is 95.7 Å². The summed E-state index contributed by atoms with van der Waals surface area (Å²) >= 11 is 6.14.